The second-order valence-electron chi connectivity index (χ2n) is 6.92. The maximum atomic E-state index is 12.5. The minimum atomic E-state index is -3.43. The summed E-state index contributed by atoms with van der Waals surface area (Å²) in [6.07, 6.45) is -0.254. The molecule has 142 valence electrons. The van der Waals surface area contributed by atoms with Gasteiger partial charge in [-0.1, -0.05) is 12.1 Å². The topological polar surface area (TPSA) is 91.5 Å². The Hall–Kier alpha value is -1.90. The number of nitrogens with zero attached hydrogens (tertiary/aromatic N) is 1. The second-order valence-corrected chi connectivity index (χ2v) is 9.01. The highest BCUT2D eigenvalue weighted by atomic mass is 32.2. The number of amides is 1. The first kappa shape index (κ1) is 18.9. The lowest BCUT2D eigenvalue weighted by Gasteiger charge is -2.34. The van der Waals surface area contributed by atoms with Crippen LogP contribution in [0.15, 0.2) is 24.3 Å². The van der Waals surface area contributed by atoms with E-state index in [4.69, 9.17) is 4.74 Å². The van der Waals surface area contributed by atoms with Gasteiger partial charge in [-0.05, 0) is 38.5 Å². The summed E-state index contributed by atoms with van der Waals surface area (Å²) in [4.78, 5) is 15.4. The van der Waals surface area contributed by atoms with Crippen molar-refractivity contribution >= 4 is 26.8 Å². The second kappa shape index (κ2) is 7.38. The van der Waals surface area contributed by atoms with Gasteiger partial charge in [0.25, 0.3) is 5.91 Å². The summed E-state index contributed by atoms with van der Waals surface area (Å²) in [5.74, 6) is -0.435. The Morgan fingerprint density at radius 1 is 1.27 bits per heavy atom. The van der Waals surface area contributed by atoms with E-state index < -0.39 is 10.0 Å². The fourth-order valence-electron chi connectivity index (χ4n) is 3.24. The van der Waals surface area contributed by atoms with Crippen molar-refractivity contribution in [3.05, 3.63) is 35.5 Å². The average Bonchev–Trinajstić information content (AvgIpc) is 2.97. The molecule has 2 aromatic rings. The van der Waals surface area contributed by atoms with Crippen molar-refractivity contribution in [2.24, 2.45) is 0 Å². The monoisotopic (exact) mass is 379 g/mol. The van der Waals surface area contributed by atoms with E-state index in [-0.39, 0.29) is 30.4 Å². The number of carbonyl (C=O) groups excluding carboxylic acids is 1. The van der Waals surface area contributed by atoms with Crippen molar-refractivity contribution in [2.45, 2.75) is 33.0 Å². The van der Waals surface area contributed by atoms with Crippen LogP contribution in [0, 0.1) is 6.92 Å². The van der Waals surface area contributed by atoms with Crippen molar-refractivity contribution in [1.82, 2.24) is 14.6 Å². The first-order valence-corrected chi connectivity index (χ1v) is 10.4. The van der Waals surface area contributed by atoms with Crippen molar-refractivity contribution in [3.8, 4) is 0 Å². The molecule has 2 unspecified atom stereocenters. The van der Waals surface area contributed by atoms with Crippen LogP contribution in [0.2, 0.25) is 0 Å². The molecule has 8 heteroatoms. The van der Waals surface area contributed by atoms with Crippen LogP contribution in [0.1, 0.15) is 29.9 Å². The zero-order chi connectivity index (χ0) is 18.9. The smallest absolute Gasteiger partial charge is 0.267 e. The van der Waals surface area contributed by atoms with E-state index in [1.807, 2.05) is 39.0 Å². The van der Waals surface area contributed by atoms with Gasteiger partial charge in [-0.25, -0.2) is 8.42 Å². The number of hydrogen-bond acceptors (Lipinski definition) is 4. The molecule has 1 aliphatic heterocycles. The van der Waals surface area contributed by atoms with Crippen molar-refractivity contribution in [2.75, 3.05) is 25.4 Å². The molecule has 1 fully saturated rings. The Labute approximate surface area is 153 Å². The molecule has 1 aromatic carbocycles. The normalized spacial score (nSPS) is 21.8. The minimum Gasteiger partial charge on any atom is -0.373 e. The number of H-pyrrole nitrogens is 1. The number of aromatic nitrogens is 1. The molecule has 7 nitrogen and oxygen atoms in total. The molecule has 0 radical (unpaired) electrons. The number of ether oxygens (including phenoxy) is 1. The summed E-state index contributed by atoms with van der Waals surface area (Å²) < 4.78 is 32.0. The lowest BCUT2D eigenvalue weighted by molar-refractivity contribution is -0.0440. The van der Waals surface area contributed by atoms with Gasteiger partial charge in [0.2, 0.25) is 10.0 Å². The van der Waals surface area contributed by atoms with Crippen LogP contribution < -0.4 is 5.32 Å². The SMILES string of the molecule is Cc1ccc2cc(C(=O)NCCS(=O)(=O)N3CC(C)OC(C)C3)[nH]c2c1. The fraction of sp³-hybridized carbons (Fsp3) is 0.500. The van der Waals surface area contributed by atoms with Gasteiger partial charge in [0.15, 0.2) is 0 Å². The molecule has 2 N–H and O–H groups in total. The van der Waals surface area contributed by atoms with E-state index in [9.17, 15) is 13.2 Å². The van der Waals surface area contributed by atoms with E-state index in [1.165, 1.54) is 4.31 Å². The van der Waals surface area contributed by atoms with E-state index in [0.717, 1.165) is 16.5 Å². The molecular weight excluding hydrogens is 354 g/mol. The predicted octanol–water partition coefficient (Wildman–Crippen LogP) is 1.65. The van der Waals surface area contributed by atoms with Crippen LogP contribution in [-0.2, 0) is 14.8 Å². The van der Waals surface area contributed by atoms with Gasteiger partial charge >= 0.3 is 0 Å². The number of nitrogens with one attached hydrogen (secondary N) is 2. The molecule has 3 rings (SSSR count). The highest BCUT2D eigenvalue weighted by molar-refractivity contribution is 7.89. The van der Waals surface area contributed by atoms with Gasteiger partial charge in [0.1, 0.15) is 5.69 Å². The highest BCUT2D eigenvalue weighted by Gasteiger charge is 2.30. The Balaban J connectivity index is 1.58. The van der Waals surface area contributed by atoms with Crippen molar-refractivity contribution in [3.63, 3.8) is 0 Å². The quantitative estimate of drug-likeness (QED) is 0.826. The molecule has 0 saturated carbocycles. The van der Waals surface area contributed by atoms with Crippen LogP contribution in [0.4, 0.5) is 0 Å². The number of sulfonamides is 1. The summed E-state index contributed by atoms with van der Waals surface area (Å²) >= 11 is 0. The van der Waals surface area contributed by atoms with Crippen molar-refractivity contribution < 1.29 is 17.9 Å². The highest BCUT2D eigenvalue weighted by Crippen LogP contribution is 2.17. The number of aromatic amines is 1. The van der Waals surface area contributed by atoms with E-state index in [1.54, 1.807) is 6.07 Å². The van der Waals surface area contributed by atoms with Crippen LogP contribution >= 0.6 is 0 Å². The van der Waals surface area contributed by atoms with Crippen LogP contribution in [0.3, 0.4) is 0 Å². The fourth-order valence-corrected chi connectivity index (χ4v) is 4.73. The van der Waals surface area contributed by atoms with Gasteiger partial charge in [-0.3, -0.25) is 4.79 Å². The first-order chi connectivity index (χ1) is 12.2. The zero-order valence-electron chi connectivity index (χ0n) is 15.3. The molecule has 1 saturated heterocycles. The average molecular weight is 379 g/mol. The maximum Gasteiger partial charge on any atom is 0.267 e. The third kappa shape index (κ3) is 4.25. The van der Waals surface area contributed by atoms with E-state index in [2.05, 4.69) is 10.3 Å². The molecule has 0 bridgehead atoms. The lowest BCUT2D eigenvalue weighted by atomic mass is 10.2. The number of aryl methyl sites for hydroxylation is 1. The van der Waals surface area contributed by atoms with Gasteiger partial charge in [-0.2, -0.15) is 4.31 Å². The molecule has 1 aliphatic rings. The first-order valence-electron chi connectivity index (χ1n) is 8.75. The third-order valence-electron chi connectivity index (χ3n) is 4.45. The molecule has 2 heterocycles. The third-order valence-corrected chi connectivity index (χ3v) is 6.25. The largest absolute Gasteiger partial charge is 0.373 e. The summed E-state index contributed by atoms with van der Waals surface area (Å²) in [5, 5.41) is 3.63. The number of benzene rings is 1. The van der Waals surface area contributed by atoms with Crippen LogP contribution in [-0.4, -0.2) is 61.2 Å². The standard InChI is InChI=1S/C18H25N3O4S/c1-12-4-5-15-9-17(20-16(15)8-12)18(22)19-6-7-26(23,24)21-10-13(2)25-14(3)11-21/h4-5,8-9,13-14,20H,6-7,10-11H2,1-3H3,(H,19,22). The Morgan fingerprint density at radius 3 is 2.65 bits per heavy atom. The van der Waals surface area contributed by atoms with Gasteiger partial charge in [0.05, 0.1) is 18.0 Å². The molecular formula is C18H25N3O4S. The number of rotatable bonds is 5. The zero-order valence-corrected chi connectivity index (χ0v) is 16.1. The molecule has 1 aromatic heterocycles. The Bertz CT molecular complexity index is 896. The van der Waals surface area contributed by atoms with E-state index in [0.29, 0.717) is 18.8 Å². The maximum absolute atomic E-state index is 12.5. The number of carbonyl (C=O) groups is 1. The van der Waals surface area contributed by atoms with Gasteiger partial charge < -0.3 is 15.0 Å². The van der Waals surface area contributed by atoms with Gasteiger partial charge in [-0.15, -0.1) is 0 Å². The predicted molar refractivity (Wildman–Crippen MR) is 101 cm³/mol. The minimum absolute atomic E-state index is 0.0652. The number of morpholine rings is 1. The number of hydrogen-bond donors (Lipinski definition) is 2. The van der Waals surface area contributed by atoms with Gasteiger partial charge in [0, 0.05) is 30.5 Å². The molecule has 26 heavy (non-hydrogen) atoms. The Kier molecular flexibility index (Phi) is 5.36. The van der Waals surface area contributed by atoms with Crippen LogP contribution in [0.25, 0.3) is 10.9 Å². The van der Waals surface area contributed by atoms with E-state index >= 15 is 0 Å². The summed E-state index contributed by atoms with van der Waals surface area (Å²) in [6.45, 7) is 6.47. The van der Waals surface area contributed by atoms with Crippen molar-refractivity contribution in [1.29, 1.82) is 0 Å². The Morgan fingerprint density at radius 2 is 1.96 bits per heavy atom. The molecule has 0 aliphatic carbocycles. The summed E-state index contributed by atoms with van der Waals surface area (Å²) in [7, 11) is -3.43. The van der Waals surface area contributed by atoms with Crippen LogP contribution in [0.5, 0.6) is 0 Å². The molecule has 0 spiro atoms. The summed E-state index contributed by atoms with van der Waals surface area (Å²) in [5.41, 5.74) is 2.42. The molecule has 1 amide bonds. The lowest BCUT2D eigenvalue weighted by Crippen LogP contribution is -2.49. The number of fused-ring (bicyclic) bond motifs is 1. The summed E-state index contributed by atoms with van der Waals surface area (Å²) in [6, 6.07) is 7.67. The molecule has 2 atom stereocenters.